The van der Waals surface area contributed by atoms with Crippen LogP contribution in [0.5, 0.6) is 0 Å². The van der Waals surface area contributed by atoms with Crippen molar-refractivity contribution in [2.24, 2.45) is 0 Å². The van der Waals surface area contributed by atoms with Gasteiger partial charge in [-0.1, -0.05) is 30.3 Å². The fourth-order valence-electron chi connectivity index (χ4n) is 1.93. The summed E-state index contributed by atoms with van der Waals surface area (Å²) in [5, 5.41) is 7.56. The highest BCUT2D eigenvalue weighted by Gasteiger charge is 2.28. The van der Waals surface area contributed by atoms with Gasteiger partial charge in [0.2, 0.25) is 5.95 Å². The van der Waals surface area contributed by atoms with Crippen molar-refractivity contribution in [3.63, 3.8) is 0 Å². The van der Waals surface area contributed by atoms with Crippen LogP contribution in [0.4, 0.5) is 5.95 Å². The zero-order chi connectivity index (χ0) is 14.5. The third-order valence-corrected chi connectivity index (χ3v) is 2.91. The van der Waals surface area contributed by atoms with E-state index in [0.717, 1.165) is 10.2 Å². The van der Waals surface area contributed by atoms with Crippen LogP contribution in [-0.2, 0) is 16.0 Å². The zero-order valence-corrected chi connectivity index (χ0v) is 11.2. The number of anilines is 1. The summed E-state index contributed by atoms with van der Waals surface area (Å²) in [6, 6.07) is 9.56. The van der Waals surface area contributed by atoms with E-state index in [0.29, 0.717) is 12.2 Å². The molecule has 0 bridgehead atoms. The van der Waals surface area contributed by atoms with Crippen molar-refractivity contribution in [2.75, 3.05) is 18.2 Å². The number of carbonyl (C=O) groups excluding carboxylic acids is 1. The third kappa shape index (κ3) is 2.87. The van der Waals surface area contributed by atoms with E-state index in [-0.39, 0.29) is 12.6 Å². The molecule has 7 nitrogen and oxygen atoms in total. The molecule has 1 aromatic heterocycles. The normalized spacial score (nSPS) is 12.1. The minimum Gasteiger partial charge on any atom is -0.465 e. The second kappa shape index (κ2) is 6.05. The molecule has 0 amide bonds. The maximum absolute atomic E-state index is 12.1. The molecule has 1 atom stereocenters. The summed E-state index contributed by atoms with van der Waals surface area (Å²) in [5.74, 6) is 5.08. The number of nitrogen functional groups attached to an aromatic ring is 2. The maximum atomic E-state index is 12.1. The fourth-order valence-corrected chi connectivity index (χ4v) is 1.93. The van der Waals surface area contributed by atoms with Crippen LogP contribution in [0.1, 0.15) is 24.2 Å². The SMILES string of the molecule is CCOC(=O)C(Cc1ccccc1)c1nnc(N)n1N. The molecule has 0 aliphatic rings. The summed E-state index contributed by atoms with van der Waals surface area (Å²) in [6.45, 7) is 2.04. The lowest BCUT2D eigenvalue weighted by atomic mass is 9.98. The standard InChI is InChI=1S/C13H17N5O2/c1-2-20-12(19)10(8-9-6-4-3-5-7-9)11-16-17-13(14)18(11)15/h3-7,10H,2,8,15H2,1H3,(H2,14,17). The second-order valence-corrected chi connectivity index (χ2v) is 4.28. The maximum Gasteiger partial charge on any atom is 0.317 e. The first-order valence-corrected chi connectivity index (χ1v) is 6.30. The van der Waals surface area contributed by atoms with Gasteiger partial charge in [-0.3, -0.25) is 4.79 Å². The summed E-state index contributed by atoms with van der Waals surface area (Å²) in [7, 11) is 0. The highest BCUT2D eigenvalue weighted by atomic mass is 16.5. The van der Waals surface area contributed by atoms with E-state index in [1.807, 2.05) is 30.3 Å². The van der Waals surface area contributed by atoms with Crippen molar-refractivity contribution < 1.29 is 9.53 Å². The Morgan fingerprint density at radius 2 is 2.05 bits per heavy atom. The van der Waals surface area contributed by atoms with Gasteiger partial charge >= 0.3 is 5.97 Å². The van der Waals surface area contributed by atoms with Crippen molar-refractivity contribution in [3.8, 4) is 0 Å². The van der Waals surface area contributed by atoms with E-state index in [9.17, 15) is 4.79 Å². The van der Waals surface area contributed by atoms with E-state index in [2.05, 4.69) is 10.2 Å². The molecule has 0 spiro atoms. The first-order valence-electron chi connectivity index (χ1n) is 6.30. The first-order chi connectivity index (χ1) is 9.63. The third-order valence-electron chi connectivity index (χ3n) is 2.91. The summed E-state index contributed by atoms with van der Waals surface area (Å²) in [4.78, 5) is 12.1. The van der Waals surface area contributed by atoms with Crippen LogP contribution in [0.15, 0.2) is 30.3 Å². The predicted octanol–water partition coefficient (Wildman–Crippen LogP) is 0.464. The average molecular weight is 275 g/mol. The quantitative estimate of drug-likeness (QED) is 0.606. The van der Waals surface area contributed by atoms with Crippen LogP contribution in [-0.4, -0.2) is 27.4 Å². The zero-order valence-electron chi connectivity index (χ0n) is 11.2. The Hall–Kier alpha value is -2.57. The molecule has 0 fully saturated rings. The van der Waals surface area contributed by atoms with Gasteiger partial charge in [-0.25, -0.2) is 4.68 Å². The molecule has 106 valence electrons. The number of hydrogen-bond acceptors (Lipinski definition) is 6. The van der Waals surface area contributed by atoms with Crippen molar-refractivity contribution in [1.82, 2.24) is 14.9 Å². The number of aromatic nitrogens is 3. The Labute approximate surface area is 116 Å². The number of hydrogen-bond donors (Lipinski definition) is 2. The molecule has 0 saturated heterocycles. The molecule has 7 heteroatoms. The van der Waals surface area contributed by atoms with E-state index >= 15 is 0 Å². The molecular formula is C13H17N5O2. The van der Waals surface area contributed by atoms with E-state index in [1.54, 1.807) is 6.92 Å². The molecule has 0 radical (unpaired) electrons. The van der Waals surface area contributed by atoms with Crippen molar-refractivity contribution >= 4 is 11.9 Å². The number of rotatable bonds is 5. The molecule has 1 heterocycles. The number of carbonyl (C=O) groups is 1. The van der Waals surface area contributed by atoms with E-state index in [1.165, 1.54) is 0 Å². The van der Waals surface area contributed by atoms with Crippen LogP contribution in [0.3, 0.4) is 0 Å². The summed E-state index contributed by atoms with van der Waals surface area (Å²) < 4.78 is 6.19. The Balaban J connectivity index is 2.30. The van der Waals surface area contributed by atoms with Crippen LogP contribution in [0, 0.1) is 0 Å². The number of nitrogens with zero attached hydrogens (tertiary/aromatic N) is 3. The van der Waals surface area contributed by atoms with Gasteiger partial charge < -0.3 is 16.3 Å². The number of ether oxygens (including phenoxy) is 1. The Morgan fingerprint density at radius 1 is 1.35 bits per heavy atom. The Morgan fingerprint density at radius 3 is 2.60 bits per heavy atom. The van der Waals surface area contributed by atoms with Gasteiger partial charge in [0, 0.05) is 0 Å². The molecule has 2 aromatic rings. The topological polar surface area (TPSA) is 109 Å². The van der Waals surface area contributed by atoms with Crippen LogP contribution in [0.2, 0.25) is 0 Å². The van der Waals surface area contributed by atoms with Crippen LogP contribution >= 0.6 is 0 Å². The summed E-state index contributed by atoms with van der Waals surface area (Å²) >= 11 is 0. The van der Waals surface area contributed by atoms with E-state index in [4.69, 9.17) is 16.3 Å². The fraction of sp³-hybridized carbons (Fsp3) is 0.308. The number of esters is 1. The lowest BCUT2D eigenvalue weighted by Crippen LogP contribution is -2.25. The minimum atomic E-state index is -0.632. The smallest absolute Gasteiger partial charge is 0.317 e. The molecule has 2 rings (SSSR count). The van der Waals surface area contributed by atoms with Gasteiger partial charge in [-0.15, -0.1) is 10.2 Å². The number of nitrogens with two attached hydrogens (primary N) is 2. The average Bonchev–Trinajstić information content (AvgIpc) is 2.78. The molecule has 1 unspecified atom stereocenters. The summed E-state index contributed by atoms with van der Waals surface area (Å²) in [5.41, 5.74) is 6.54. The molecule has 0 saturated carbocycles. The van der Waals surface area contributed by atoms with E-state index < -0.39 is 11.9 Å². The molecule has 4 N–H and O–H groups in total. The van der Waals surface area contributed by atoms with Crippen molar-refractivity contribution in [3.05, 3.63) is 41.7 Å². The predicted molar refractivity (Wildman–Crippen MR) is 74.1 cm³/mol. The highest BCUT2D eigenvalue weighted by Crippen LogP contribution is 2.21. The van der Waals surface area contributed by atoms with Gasteiger partial charge in [0.25, 0.3) is 0 Å². The lowest BCUT2D eigenvalue weighted by molar-refractivity contribution is -0.145. The minimum absolute atomic E-state index is 0.0577. The molecular weight excluding hydrogens is 258 g/mol. The van der Waals surface area contributed by atoms with Gasteiger partial charge in [0.1, 0.15) is 5.92 Å². The molecule has 20 heavy (non-hydrogen) atoms. The molecule has 1 aromatic carbocycles. The van der Waals surface area contributed by atoms with Crippen molar-refractivity contribution in [2.45, 2.75) is 19.3 Å². The van der Waals surface area contributed by atoms with Crippen LogP contribution in [0.25, 0.3) is 0 Å². The Bertz CT molecular complexity index is 582. The molecule has 0 aliphatic heterocycles. The monoisotopic (exact) mass is 275 g/mol. The second-order valence-electron chi connectivity index (χ2n) is 4.28. The van der Waals surface area contributed by atoms with Gasteiger partial charge in [0.05, 0.1) is 6.61 Å². The number of benzene rings is 1. The van der Waals surface area contributed by atoms with Gasteiger partial charge in [-0.05, 0) is 18.9 Å². The Kier molecular flexibility index (Phi) is 4.19. The highest BCUT2D eigenvalue weighted by molar-refractivity contribution is 5.77. The van der Waals surface area contributed by atoms with Crippen molar-refractivity contribution in [1.29, 1.82) is 0 Å². The summed E-state index contributed by atoms with van der Waals surface area (Å²) in [6.07, 6.45) is 0.426. The van der Waals surface area contributed by atoms with Gasteiger partial charge in [0.15, 0.2) is 5.82 Å². The van der Waals surface area contributed by atoms with Gasteiger partial charge in [-0.2, -0.15) is 0 Å². The molecule has 0 aliphatic carbocycles. The lowest BCUT2D eigenvalue weighted by Gasteiger charge is -2.14. The first kappa shape index (κ1) is 13.9. The largest absolute Gasteiger partial charge is 0.465 e. The van der Waals surface area contributed by atoms with Crippen LogP contribution < -0.4 is 11.6 Å².